The number of phosphoric acid groups is 1. The summed E-state index contributed by atoms with van der Waals surface area (Å²) in [6.45, 7) is 0. The summed E-state index contributed by atoms with van der Waals surface area (Å²) in [6.07, 6.45) is 0. The second-order valence-corrected chi connectivity index (χ2v) is 1.54. The van der Waals surface area contributed by atoms with Crippen molar-refractivity contribution in [1.29, 1.82) is 0 Å². The Kier molecular flexibility index (Phi) is 12.6. The van der Waals surface area contributed by atoms with Crippen molar-refractivity contribution in [2.75, 3.05) is 0 Å². The Morgan fingerprint density at radius 3 is 1.14 bits per heavy atom. The van der Waals surface area contributed by atoms with E-state index in [1.165, 1.54) is 0 Å². The number of hydrogen-bond donors (Lipinski definition) is 3. The van der Waals surface area contributed by atoms with Gasteiger partial charge in [0.15, 0.2) is 0 Å². The third kappa shape index (κ3) is 104. The normalized spacial score (nSPS) is 8.43. The Morgan fingerprint density at radius 2 is 1.14 bits per heavy atom. The second-order valence-electron chi connectivity index (χ2n) is 0.513. The molecule has 0 saturated heterocycles. The summed E-state index contributed by atoms with van der Waals surface area (Å²) >= 11 is 0. The molecule has 0 aromatic carbocycles. The number of thiol groups is 1. The molecule has 0 atom stereocenters. The standard InChI is InChI=1S/Na.H3O4P.H2S/c;1-5(2,3)4;/h;(H3,1,2,3,4);1H2/q+1;;/p-1. The number of hydrogen-bond acceptors (Lipinski definition) is 2. The predicted octanol–water partition coefficient (Wildman–Crippen LogP) is -4.19. The van der Waals surface area contributed by atoms with E-state index in [2.05, 4.69) is 0 Å². The zero-order valence-corrected chi connectivity index (χ0v) is 7.43. The summed E-state index contributed by atoms with van der Waals surface area (Å²) in [7, 11) is -4.64. The van der Waals surface area contributed by atoms with Gasteiger partial charge in [0.05, 0.1) is 0 Å². The summed E-state index contributed by atoms with van der Waals surface area (Å²) in [5.41, 5.74) is 0. The van der Waals surface area contributed by atoms with Crippen molar-refractivity contribution < 1.29 is 48.8 Å². The molecule has 40 valence electrons. The third-order valence-electron chi connectivity index (χ3n) is 0. The van der Waals surface area contributed by atoms with Crippen molar-refractivity contribution in [3.8, 4) is 0 Å². The molecule has 0 rings (SSSR count). The topological polar surface area (TPSA) is 77.8 Å². The molecule has 0 aliphatic rings. The minimum Gasteiger partial charge on any atom is -0.813 e. The molecule has 0 radical (unpaired) electrons. The average molecular weight is 154 g/mol. The molecule has 4 nitrogen and oxygen atoms in total. The van der Waals surface area contributed by atoms with Gasteiger partial charge in [0.25, 0.3) is 0 Å². The van der Waals surface area contributed by atoms with Crippen molar-refractivity contribution in [2.24, 2.45) is 0 Å². The van der Waals surface area contributed by atoms with Crippen molar-refractivity contribution in [3.05, 3.63) is 0 Å². The van der Waals surface area contributed by atoms with E-state index in [1.54, 1.807) is 0 Å². The molecule has 7 heavy (non-hydrogen) atoms. The van der Waals surface area contributed by atoms with E-state index in [9.17, 15) is 0 Å². The van der Waals surface area contributed by atoms with Crippen LogP contribution in [-0.4, -0.2) is 14.7 Å². The Labute approximate surface area is 69.9 Å². The van der Waals surface area contributed by atoms with E-state index >= 15 is 0 Å². The Balaban J connectivity index is -0.0000000800. The van der Waals surface area contributed by atoms with Crippen LogP contribution in [0.5, 0.6) is 0 Å². The molecule has 3 N–H and O–H groups in total. The largest absolute Gasteiger partial charge is 1.00 e. The fourth-order valence-electron chi connectivity index (χ4n) is 0. The first-order chi connectivity index (χ1) is 2.00. The molecule has 0 unspecified atom stereocenters. The maximum absolute atomic E-state index is 8.88. The minimum absolute atomic E-state index is 0. The van der Waals surface area contributed by atoms with Crippen molar-refractivity contribution in [1.82, 2.24) is 0 Å². The quantitative estimate of drug-likeness (QED) is 0.143. The van der Waals surface area contributed by atoms with Gasteiger partial charge in [-0.3, -0.25) is 0 Å². The van der Waals surface area contributed by atoms with Crippen LogP contribution in [0.15, 0.2) is 0 Å². The zero-order valence-electron chi connectivity index (χ0n) is 3.64. The maximum Gasteiger partial charge on any atom is 1.00 e. The van der Waals surface area contributed by atoms with Crippen LogP contribution in [0.1, 0.15) is 0 Å². The van der Waals surface area contributed by atoms with Crippen LogP contribution in [0.25, 0.3) is 0 Å². The Bertz CT molecular complexity index is 57.8. The van der Waals surface area contributed by atoms with Gasteiger partial charge in [-0.05, 0) is 0 Å². The van der Waals surface area contributed by atoms with E-state index in [-0.39, 0.29) is 43.1 Å². The molecule has 0 aliphatic carbocycles. The van der Waals surface area contributed by atoms with E-state index in [0.717, 1.165) is 0 Å². The van der Waals surface area contributed by atoms with Gasteiger partial charge >= 0.3 is 37.4 Å². The van der Waals surface area contributed by atoms with Gasteiger partial charge in [-0.1, -0.05) is 0 Å². The van der Waals surface area contributed by atoms with Crippen molar-refractivity contribution >= 4 is 21.3 Å². The van der Waals surface area contributed by atoms with Gasteiger partial charge in [-0.15, -0.1) is 0 Å². The van der Waals surface area contributed by atoms with Crippen LogP contribution in [0, 0.1) is 0 Å². The van der Waals surface area contributed by atoms with E-state index in [4.69, 9.17) is 19.2 Å². The molecule has 7 heteroatoms. The van der Waals surface area contributed by atoms with Crippen LogP contribution in [0.3, 0.4) is 0 Å². The predicted molar refractivity (Wildman–Crippen MR) is 23.0 cm³/mol. The molecule has 0 spiro atoms. The molecule has 0 aliphatic heterocycles. The molecule has 0 aromatic heterocycles. The monoisotopic (exact) mass is 154 g/mol. The molecular formula is H4NaO4PS. The average Bonchev–Trinajstić information content (AvgIpc) is 0.722. The molecule has 0 bridgehead atoms. The van der Waals surface area contributed by atoms with Gasteiger partial charge in [-0.25, -0.2) is 4.57 Å². The first-order valence-electron chi connectivity index (χ1n) is 0.783. The summed E-state index contributed by atoms with van der Waals surface area (Å²) in [4.78, 5) is 21.6. The van der Waals surface area contributed by atoms with Gasteiger partial charge < -0.3 is 28.2 Å². The SMILES string of the molecule is O=P(O)(O)O.[Na+].[SH-]. The van der Waals surface area contributed by atoms with Crippen LogP contribution in [-0.2, 0) is 18.1 Å². The minimum atomic E-state index is -4.64. The Hall–Kier alpha value is 1.46. The van der Waals surface area contributed by atoms with Crippen molar-refractivity contribution in [2.45, 2.75) is 0 Å². The van der Waals surface area contributed by atoms with Gasteiger partial charge in [0.2, 0.25) is 0 Å². The summed E-state index contributed by atoms with van der Waals surface area (Å²) in [6, 6.07) is 0. The van der Waals surface area contributed by atoms with Crippen LogP contribution in [0.4, 0.5) is 0 Å². The molecule has 0 fully saturated rings. The molecular weight excluding hydrogens is 150 g/mol. The fraction of sp³-hybridized carbons (Fsp3) is 0. The zero-order chi connectivity index (χ0) is 4.50. The first-order valence-corrected chi connectivity index (χ1v) is 2.35. The third-order valence-corrected chi connectivity index (χ3v) is 0. The van der Waals surface area contributed by atoms with E-state index < -0.39 is 7.82 Å². The first kappa shape index (κ1) is 15.8. The molecule has 0 saturated carbocycles. The van der Waals surface area contributed by atoms with Crippen molar-refractivity contribution in [3.63, 3.8) is 0 Å². The summed E-state index contributed by atoms with van der Waals surface area (Å²) in [5.74, 6) is 0. The van der Waals surface area contributed by atoms with E-state index in [0.29, 0.717) is 0 Å². The molecule has 0 amide bonds. The maximum atomic E-state index is 8.88. The number of rotatable bonds is 0. The molecule has 0 aromatic rings. The van der Waals surface area contributed by atoms with Gasteiger partial charge in [0.1, 0.15) is 0 Å². The van der Waals surface area contributed by atoms with Crippen LogP contribution < -0.4 is 29.6 Å². The molecule has 0 heterocycles. The summed E-state index contributed by atoms with van der Waals surface area (Å²) < 4.78 is 8.88. The van der Waals surface area contributed by atoms with Gasteiger partial charge in [-0.2, -0.15) is 0 Å². The smallest absolute Gasteiger partial charge is 0.813 e. The fourth-order valence-corrected chi connectivity index (χ4v) is 0. The van der Waals surface area contributed by atoms with Crippen LogP contribution in [0.2, 0.25) is 0 Å². The Morgan fingerprint density at radius 1 is 1.14 bits per heavy atom. The van der Waals surface area contributed by atoms with Crippen LogP contribution >= 0.6 is 7.82 Å². The summed E-state index contributed by atoms with van der Waals surface area (Å²) in [5, 5.41) is 0. The van der Waals surface area contributed by atoms with E-state index in [1.807, 2.05) is 0 Å². The van der Waals surface area contributed by atoms with Gasteiger partial charge in [0, 0.05) is 0 Å². The second kappa shape index (κ2) is 5.59.